The maximum Gasteiger partial charge on any atom is 0.119 e. The summed E-state index contributed by atoms with van der Waals surface area (Å²) in [7, 11) is 0. The Balaban J connectivity index is 2.82. The molecule has 1 heterocycles. The van der Waals surface area contributed by atoms with Gasteiger partial charge in [0.05, 0.1) is 18.1 Å². The Bertz CT molecular complexity index is 269. The van der Waals surface area contributed by atoms with Gasteiger partial charge in [-0.15, -0.1) is 0 Å². The summed E-state index contributed by atoms with van der Waals surface area (Å²) >= 11 is 0. The van der Waals surface area contributed by atoms with Crippen LogP contribution in [0.4, 0.5) is 0 Å². The number of aromatic nitrogens is 2. The molecular formula is C8H11N3. The van der Waals surface area contributed by atoms with Crippen molar-refractivity contribution in [1.29, 1.82) is 5.26 Å². The molecule has 0 saturated carbocycles. The fourth-order valence-electron chi connectivity index (χ4n) is 0.841. The standard InChI is InChI=1S/C8H11N3/c1-3-8-5-11(6-10-8)7(2)4-9/h5-7H,3H2,1-2H3. The monoisotopic (exact) mass is 149 g/mol. The predicted molar refractivity (Wildman–Crippen MR) is 41.9 cm³/mol. The summed E-state index contributed by atoms with van der Waals surface area (Å²) in [4.78, 5) is 4.12. The third kappa shape index (κ3) is 1.58. The number of hydrogen-bond acceptors (Lipinski definition) is 2. The Hall–Kier alpha value is -1.30. The van der Waals surface area contributed by atoms with E-state index in [1.807, 2.05) is 24.6 Å². The summed E-state index contributed by atoms with van der Waals surface area (Å²) in [6.07, 6.45) is 4.53. The van der Waals surface area contributed by atoms with Crippen molar-refractivity contribution in [3.63, 3.8) is 0 Å². The third-order valence-electron chi connectivity index (χ3n) is 1.65. The molecule has 0 spiro atoms. The van der Waals surface area contributed by atoms with Crippen molar-refractivity contribution >= 4 is 0 Å². The largest absolute Gasteiger partial charge is 0.321 e. The second-order valence-corrected chi connectivity index (χ2v) is 2.47. The molecular weight excluding hydrogens is 138 g/mol. The summed E-state index contributed by atoms with van der Waals surface area (Å²) in [5.74, 6) is 0. The van der Waals surface area contributed by atoms with Crippen molar-refractivity contribution in [3.8, 4) is 6.07 Å². The van der Waals surface area contributed by atoms with E-state index in [0.717, 1.165) is 12.1 Å². The maximum atomic E-state index is 8.57. The molecule has 1 rings (SSSR count). The van der Waals surface area contributed by atoms with E-state index in [0.29, 0.717) is 0 Å². The van der Waals surface area contributed by atoms with Crippen LogP contribution < -0.4 is 0 Å². The van der Waals surface area contributed by atoms with Gasteiger partial charge in [0.15, 0.2) is 0 Å². The molecule has 1 aromatic heterocycles. The van der Waals surface area contributed by atoms with E-state index in [1.54, 1.807) is 6.33 Å². The first kappa shape index (κ1) is 7.80. The van der Waals surface area contributed by atoms with E-state index in [1.165, 1.54) is 0 Å². The molecule has 0 radical (unpaired) electrons. The highest BCUT2D eigenvalue weighted by molar-refractivity contribution is 5.00. The molecule has 1 aromatic rings. The van der Waals surface area contributed by atoms with Gasteiger partial charge in [-0.2, -0.15) is 5.26 Å². The lowest BCUT2D eigenvalue weighted by molar-refractivity contribution is 0.671. The number of hydrogen-bond donors (Lipinski definition) is 0. The first-order valence-electron chi connectivity index (χ1n) is 3.70. The predicted octanol–water partition coefficient (Wildman–Crippen LogP) is 1.53. The van der Waals surface area contributed by atoms with Gasteiger partial charge in [0, 0.05) is 6.20 Å². The van der Waals surface area contributed by atoms with Crippen molar-refractivity contribution in [1.82, 2.24) is 9.55 Å². The molecule has 0 aliphatic heterocycles. The normalized spacial score (nSPS) is 12.5. The summed E-state index contributed by atoms with van der Waals surface area (Å²) in [5.41, 5.74) is 1.03. The Morgan fingerprint density at radius 3 is 3.00 bits per heavy atom. The Kier molecular flexibility index (Phi) is 2.27. The zero-order valence-electron chi connectivity index (χ0n) is 6.78. The highest BCUT2D eigenvalue weighted by Gasteiger charge is 2.02. The lowest BCUT2D eigenvalue weighted by Crippen LogP contribution is -1.98. The second kappa shape index (κ2) is 3.20. The van der Waals surface area contributed by atoms with Crippen LogP contribution in [0.5, 0.6) is 0 Å². The Morgan fingerprint density at radius 1 is 1.82 bits per heavy atom. The summed E-state index contributed by atoms with van der Waals surface area (Å²) < 4.78 is 1.82. The molecule has 0 aromatic carbocycles. The highest BCUT2D eigenvalue weighted by Crippen LogP contribution is 2.05. The van der Waals surface area contributed by atoms with Crippen LogP contribution in [0.25, 0.3) is 0 Å². The van der Waals surface area contributed by atoms with Crippen LogP contribution in [0.2, 0.25) is 0 Å². The van der Waals surface area contributed by atoms with E-state index in [4.69, 9.17) is 5.26 Å². The van der Waals surface area contributed by atoms with Gasteiger partial charge in [0.25, 0.3) is 0 Å². The van der Waals surface area contributed by atoms with E-state index < -0.39 is 0 Å². The molecule has 1 unspecified atom stereocenters. The summed E-state index contributed by atoms with van der Waals surface area (Å²) in [5, 5.41) is 8.57. The Morgan fingerprint density at radius 2 is 2.55 bits per heavy atom. The zero-order valence-corrected chi connectivity index (χ0v) is 6.78. The van der Waals surface area contributed by atoms with Gasteiger partial charge in [0.2, 0.25) is 0 Å². The van der Waals surface area contributed by atoms with Crippen LogP contribution in [0.1, 0.15) is 25.6 Å². The maximum absolute atomic E-state index is 8.57. The lowest BCUT2D eigenvalue weighted by atomic mass is 10.3. The van der Waals surface area contributed by atoms with Crippen LogP contribution in [0.3, 0.4) is 0 Å². The van der Waals surface area contributed by atoms with Crippen LogP contribution in [-0.2, 0) is 6.42 Å². The van der Waals surface area contributed by atoms with Crippen molar-refractivity contribution < 1.29 is 0 Å². The molecule has 0 aliphatic rings. The fraction of sp³-hybridized carbons (Fsp3) is 0.500. The average molecular weight is 149 g/mol. The number of aryl methyl sites for hydroxylation is 1. The van der Waals surface area contributed by atoms with Gasteiger partial charge in [-0.05, 0) is 13.3 Å². The Labute approximate surface area is 66.3 Å². The van der Waals surface area contributed by atoms with Crippen LogP contribution in [0, 0.1) is 11.3 Å². The molecule has 0 bridgehead atoms. The molecule has 1 atom stereocenters. The van der Waals surface area contributed by atoms with Crippen LogP contribution in [0.15, 0.2) is 12.5 Å². The number of nitrogens with zero attached hydrogens (tertiary/aromatic N) is 3. The van der Waals surface area contributed by atoms with Gasteiger partial charge in [0.1, 0.15) is 6.04 Å². The van der Waals surface area contributed by atoms with E-state index in [-0.39, 0.29) is 6.04 Å². The van der Waals surface area contributed by atoms with Gasteiger partial charge in [-0.3, -0.25) is 0 Å². The molecule has 0 saturated heterocycles. The molecule has 3 heteroatoms. The molecule has 58 valence electrons. The fourth-order valence-corrected chi connectivity index (χ4v) is 0.841. The summed E-state index contributed by atoms with van der Waals surface area (Å²) in [6, 6.07) is 2.03. The molecule has 0 amide bonds. The molecule has 11 heavy (non-hydrogen) atoms. The number of imidazole rings is 1. The molecule has 0 fully saturated rings. The molecule has 3 nitrogen and oxygen atoms in total. The zero-order chi connectivity index (χ0) is 8.27. The van der Waals surface area contributed by atoms with E-state index in [2.05, 4.69) is 11.1 Å². The number of nitriles is 1. The third-order valence-corrected chi connectivity index (χ3v) is 1.65. The minimum atomic E-state index is -0.109. The quantitative estimate of drug-likeness (QED) is 0.639. The highest BCUT2D eigenvalue weighted by atomic mass is 15.1. The topological polar surface area (TPSA) is 41.6 Å². The van der Waals surface area contributed by atoms with Crippen LogP contribution in [-0.4, -0.2) is 9.55 Å². The number of rotatable bonds is 2. The van der Waals surface area contributed by atoms with Crippen LogP contribution >= 0.6 is 0 Å². The molecule has 0 aliphatic carbocycles. The lowest BCUT2D eigenvalue weighted by Gasteiger charge is -2.00. The second-order valence-electron chi connectivity index (χ2n) is 2.47. The van der Waals surface area contributed by atoms with Gasteiger partial charge >= 0.3 is 0 Å². The minimum Gasteiger partial charge on any atom is -0.321 e. The van der Waals surface area contributed by atoms with Gasteiger partial charge in [-0.25, -0.2) is 4.98 Å². The van der Waals surface area contributed by atoms with Crippen molar-refractivity contribution in [2.45, 2.75) is 26.3 Å². The minimum absolute atomic E-state index is 0.109. The first-order valence-corrected chi connectivity index (χ1v) is 3.70. The first-order chi connectivity index (χ1) is 5.27. The SMILES string of the molecule is CCc1cn(C(C)C#N)cn1. The van der Waals surface area contributed by atoms with Crippen molar-refractivity contribution in [2.75, 3.05) is 0 Å². The van der Waals surface area contributed by atoms with Crippen molar-refractivity contribution in [3.05, 3.63) is 18.2 Å². The smallest absolute Gasteiger partial charge is 0.119 e. The summed E-state index contributed by atoms with van der Waals surface area (Å²) in [6.45, 7) is 3.89. The van der Waals surface area contributed by atoms with Gasteiger partial charge < -0.3 is 4.57 Å². The van der Waals surface area contributed by atoms with Gasteiger partial charge in [-0.1, -0.05) is 6.92 Å². The average Bonchev–Trinajstić information content (AvgIpc) is 2.50. The van der Waals surface area contributed by atoms with E-state index in [9.17, 15) is 0 Å². The molecule has 0 N–H and O–H groups in total. The van der Waals surface area contributed by atoms with E-state index >= 15 is 0 Å². The van der Waals surface area contributed by atoms with Crippen molar-refractivity contribution in [2.24, 2.45) is 0 Å².